The van der Waals surface area contributed by atoms with Gasteiger partial charge in [-0.2, -0.15) is 0 Å². The zero-order valence-electron chi connectivity index (χ0n) is 13.7. The Labute approximate surface area is 141 Å². The summed E-state index contributed by atoms with van der Waals surface area (Å²) in [5.41, 5.74) is 1.06. The second kappa shape index (κ2) is 5.71. The highest BCUT2D eigenvalue weighted by atomic mass is 32.1. The minimum Gasteiger partial charge on any atom is -0.278 e. The number of carbonyl (C=O) groups is 2. The van der Waals surface area contributed by atoms with E-state index in [2.05, 4.69) is 23.3 Å². The third-order valence-corrected chi connectivity index (χ3v) is 6.96. The number of amides is 2. The van der Waals surface area contributed by atoms with Gasteiger partial charge in [-0.3, -0.25) is 19.4 Å². The van der Waals surface area contributed by atoms with E-state index < -0.39 is 0 Å². The number of thiophene rings is 1. The molecule has 2 aliphatic heterocycles. The maximum atomic E-state index is 12.9. The summed E-state index contributed by atoms with van der Waals surface area (Å²) in [5, 5.41) is 2.16. The monoisotopic (exact) mass is 332 g/mol. The Morgan fingerprint density at radius 3 is 2.83 bits per heavy atom. The Hall–Kier alpha value is -1.20. The standard InChI is InChI=1S/C18H24N2O2S/c1-2-14-13-6-10-23-15(13)5-9-19(14)12-20-16(21)11-18(17(20)22)7-3-4-8-18/h6,10,14H,2-5,7-9,11-12H2,1H3/t14-/m0/s1. The van der Waals surface area contributed by atoms with E-state index in [0.717, 1.165) is 45.1 Å². The van der Waals surface area contributed by atoms with Crippen molar-refractivity contribution in [3.05, 3.63) is 21.9 Å². The van der Waals surface area contributed by atoms with Crippen LogP contribution in [0.2, 0.25) is 0 Å². The molecule has 1 saturated carbocycles. The molecular formula is C18H24N2O2S. The Morgan fingerprint density at radius 2 is 2.09 bits per heavy atom. The third kappa shape index (κ3) is 2.36. The van der Waals surface area contributed by atoms with Crippen LogP contribution in [0.3, 0.4) is 0 Å². The fourth-order valence-corrected chi connectivity index (χ4v) is 5.65. The second-order valence-electron chi connectivity index (χ2n) is 7.22. The predicted octanol–water partition coefficient (Wildman–Crippen LogP) is 3.33. The molecule has 4 rings (SSSR count). The highest BCUT2D eigenvalue weighted by Gasteiger charge is 2.53. The summed E-state index contributed by atoms with van der Waals surface area (Å²) in [5.74, 6) is 0.147. The van der Waals surface area contributed by atoms with Gasteiger partial charge in [-0.25, -0.2) is 0 Å². The van der Waals surface area contributed by atoms with Gasteiger partial charge in [-0.05, 0) is 42.7 Å². The molecule has 0 radical (unpaired) electrons. The topological polar surface area (TPSA) is 40.6 Å². The van der Waals surface area contributed by atoms with Crippen molar-refractivity contribution in [2.75, 3.05) is 13.2 Å². The zero-order valence-corrected chi connectivity index (χ0v) is 14.5. The van der Waals surface area contributed by atoms with Crippen molar-refractivity contribution in [1.29, 1.82) is 0 Å². The van der Waals surface area contributed by atoms with Crippen molar-refractivity contribution in [1.82, 2.24) is 9.80 Å². The lowest BCUT2D eigenvalue weighted by molar-refractivity contribution is -0.144. The van der Waals surface area contributed by atoms with Gasteiger partial charge in [-0.1, -0.05) is 19.8 Å². The van der Waals surface area contributed by atoms with Crippen molar-refractivity contribution in [2.24, 2.45) is 5.41 Å². The second-order valence-corrected chi connectivity index (χ2v) is 8.22. The van der Waals surface area contributed by atoms with E-state index in [0.29, 0.717) is 19.1 Å². The lowest BCUT2D eigenvalue weighted by atomic mass is 9.84. The van der Waals surface area contributed by atoms with E-state index >= 15 is 0 Å². The molecule has 0 aromatic carbocycles. The smallest absolute Gasteiger partial charge is 0.237 e. The predicted molar refractivity (Wildman–Crippen MR) is 90.0 cm³/mol. The molecule has 1 saturated heterocycles. The molecule has 1 spiro atoms. The summed E-state index contributed by atoms with van der Waals surface area (Å²) in [4.78, 5) is 30.7. The average molecular weight is 332 g/mol. The molecular weight excluding hydrogens is 308 g/mol. The number of fused-ring (bicyclic) bond motifs is 1. The Morgan fingerprint density at radius 1 is 1.30 bits per heavy atom. The van der Waals surface area contributed by atoms with Crippen molar-refractivity contribution >= 4 is 23.2 Å². The summed E-state index contributed by atoms with van der Waals surface area (Å²) in [6.45, 7) is 3.61. The molecule has 1 atom stereocenters. The van der Waals surface area contributed by atoms with Crippen molar-refractivity contribution in [2.45, 2.75) is 57.9 Å². The number of rotatable bonds is 3. The van der Waals surface area contributed by atoms with Gasteiger partial charge in [0.1, 0.15) is 0 Å². The van der Waals surface area contributed by atoms with Crippen molar-refractivity contribution in [3.63, 3.8) is 0 Å². The van der Waals surface area contributed by atoms with Crippen LogP contribution in [0.25, 0.3) is 0 Å². The first-order chi connectivity index (χ1) is 11.1. The molecule has 5 heteroatoms. The molecule has 23 heavy (non-hydrogen) atoms. The Kier molecular flexibility index (Phi) is 3.81. The van der Waals surface area contributed by atoms with Gasteiger partial charge in [0.15, 0.2) is 0 Å². The van der Waals surface area contributed by atoms with E-state index in [4.69, 9.17) is 0 Å². The summed E-state index contributed by atoms with van der Waals surface area (Å²) in [7, 11) is 0. The van der Waals surface area contributed by atoms with Crippen LogP contribution >= 0.6 is 11.3 Å². The quantitative estimate of drug-likeness (QED) is 0.797. The summed E-state index contributed by atoms with van der Waals surface area (Å²) in [6, 6.07) is 2.55. The van der Waals surface area contributed by atoms with Crippen LogP contribution in [0, 0.1) is 5.41 Å². The van der Waals surface area contributed by atoms with Gasteiger partial charge in [0.25, 0.3) is 0 Å². The molecule has 1 aromatic rings. The SMILES string of the molecule is CC[C@H]1c2ccsc2CCN1CN1C(=O)CC2(CCCC2)C1=O. The zero-order chi connectivity index (χ0) is 16.0. The summed E-state index contributed by atoms with van der Waals surface area (Å²) in [6.07, 6.45) is 6.48. The normalized spacial score (nSPS) is 27.2. The van der Waals surface area contributed by atoms with Gasteiger partial charge < -0.3 is 0 Å². The van der Waals surface area contributed by atoms with E-state index in [-0.39, 0.29) is 17.2 Å². The summed E-state index contributed by atoms with van der Waals surface area (Å²) < 4.78 is 0. The minimum atomic E-state index is -0.345. The molecule has 1 aromatic heterocycles. The molecule has 0 bridgehead atoms. The minimum absolute atomic E-state index is 0.0443. The van der Waals surface area contributed by atoms with Gasteiger partial charge in [0.2, 0.25) is 11.8 Å². The first kappa shape index (κ1) is 15.3. The van der Waals surface area contributed by atoms with Gasteiger partial charge in [0.05, 0.1) is 12.1 Å². The number of carbonyl (C=O) groups excluding carboxylic acids is 2. The molecule has 2 fully saturated rings. The molecule has 2 amide bonds. The van der Waals surface area contributed by atoms with Crippen molar-refractivity contribution in [3.8, 4) is 0 Å². The Balaban J connectivity index is 1.54. The molecule has 124 valence electrons. The fraction of sp³-hybridized carbons (Fsp3) is 0.667. The number of imide groups is 1. The Bertz CT molecular complexity index is 633. The molecule has 3 heterocycles. The molecule has 0 unspecified atom stereocenters. The molecule has 3 aliphatic rings. The van der Waals surface area contributed by atoms with Crippen LogP contribution in [0.15, 0.2) is 11.4 Å². The maximum absolute atomic E-state index is 12.9. The summed E-state index contributed by atoms with van der Waals surface area (Å²) >= 11 is 1.83. The largest absolute Gasteiger partial charge is 0.278 e. The lowest BCUT2D eigenvalue weighted by Crippen LogP contribution is -2.46. The number of nitrogens with zero attached hydrogens (tertiary/aromatic N) is 2. The van der Waals surface area contributed by atoms with Crippen LogP contribution in [-0.2, 0) is 16.0 Å². The van der Waals surface area contributed by atoms with E-state index in [9.17, 15) is 9.59 Å². The number of hydrogen-bond acceptors (Lipinski definition) is 4. The fourth-order valence-electron chi connectivity index (χ4n) is 4.72. The highest BCUT2D eigenvalue weighted by molar-refractivity contribution is 7.10. The first-order valence-electron chi connectivity index (χ1n) is 8.80. The van der Waals surface area contributed by atoms with Crippen LogP contribution in [0.5, 0.6) is 0 Å². The van der Waals surface area contributed by atoms with E-state index in [1.807, 2.05) is 11.3 Å². The molecule has 0 N–H and O–H groups in total. The maximum Gasteiger partial charge on any atom is 0.237 e. The van der Waals surface area contributed by atoms with Gasteiger partial charge >= 0.3 is 0 Å². The number of likely N-dealkylation sites (tertiary alicyclic amines) is 1. The van der Waals surface area contributed by atoms with Crippen LogP contribution < -0.4 is 0 Å². The highest BCUT2D eigenvalue weighted by Crippen LogP contribution is 2.47. The van der Waals surface area contributed by atoms with Gasteiger partial charge in [-0.15, -0.1) is 11.3 Å². The molecule has 1 aliphatic carbocycles. The van der Waals surface area contributed by atoms with E-state index in [1.54, 1.807) is 4.90 Å². The third-order valence-electron chi connectivity index (χ3n) is 5.97. The lowest BCUT2D eigenvalue weighted by Gasteiger charge is -2.37. The molecule has 4 nitrogen and oxygen atoms in total. The van der Waals surface area contributed by atoms with Gasteiger partial charge in [0, 0.05) is 23.9 Å². The van der Waals surface area contributed by atoms with Crippen LogP contribution in [0.1, 0.15) is 61.9 Å². The van der Waals surface area contributed by atoms with Crippen LogP contribution in [-0.4, -0.2) is 34.8 Å². The number of hydrogen-bond donors (Lipinski definition) is 0. The first-order valence-corrected chi connectivity index (χ1v) is 9.68. The average Bonchev–Trinajstić information content (AvgIpc) is 3.24. The van der Waals surface area contributed by atoms with Crippen molar-refractivity contribution < 1.29 is 9.59 Å². The van der Waals surface area contributed by atoms with E-state index in [1.165, 1.54) is 10.4 Å². The van der Waals surface area contributed by atoms with Crippen LogP contribution in [0.4, 0.5) is 0 Å².